The van der Waals surface area contributed by atoms with Crippen molar-refractivity contribution in [1.29, 1.82) is 0 Å². The highest BCUT2D eigenvalue weighted by Crippen LogP contribution is 2.22. The maximum absolute atomic E-state index is 11.7. The molecule has 0 radical (unpaired) electrons. The smallest absolute Gasteiger partial charge is 0.325 e. The number of aryl methyl sites for hydroxylation is 2. The first-order chi connectivity index (χ1) is 9.19. The molecule has 1 aliphatic rings. The molecule has 4 heteroatoms. The van der Waals surface area contributed by atoms with Crippen molar-refractivity contribution in [2.75, 3.05) is 13.2 Å². The SMILES string of the molecule is CCOC(=O)CNC(=O)Cc1ccc2c(c1)CCC2. The Labute approximate surface area is 113 Å². The molecule has 0 heterocycles. The minimum atomic E-state index is -0.398. The normalized spacial score (nSPS) is 12.9. The van der Waals surface area contributed by atoms with Crippen molar-refractivity contribution >= 4 is 11.9 Å². The van der Waals surface area contributed by atoms with Crippen molar-refractivity contribution in [3.05, 3.63) is 34.9 Å². The van der Waals surface area contributed by atoms with E-state index < -0.39 is 5.97 Å². The second kappa shape index (κ2) is 6.36. The van der Waals surface area contributed by atoms with E-state index in [4.69, 9.17) is 4.74 Å². The van der Waals surface area contributed by atoms with Crippen molar-refractivity contribution in [1.82, 2.24) is 5.32 Å². The lowest BCUT2D eigenvalue weighted by Gasteiger charge is -2.06. The van der Waals surface area contributed by atoms with Crippen LogP contribution >= 0.6 is 0 Å². The van der Waals surface area contributed by atoms with E-state index in [1.807, 2.05) is 6.07 Å². The van der Waals surface area contributed by atoms with Crippen LogP contribution in [0.3, 0.4) is 0 Å². The number of ether oxygens (including phenoxy) is 1. The fourth-order valence-electron chi connectivity index (χ4n) is 2.37. The fourth-order valence-corrected chi connectivity index (χ4v) is 2.37. The van der Waals surface area contributed by atoms with Crippen LogP contribution in [0.4, 0.5) is 0 Å². The molecule has 1 aromatic carbocycles. The number of esters is 1. The van der Waals surface area contributed by atoms with Crippen LogP contribution in [0.15, 0.2) is 18.2 Å². The lowest BCUT2D eigenvalue weighted by atomic mass is 10.0. The van der Waals surface area contributed by atoms with Crippen LogP contribution in [-0.2, 0) is 33.6 Å². The molecule has 0 spiro atoms. The number of carbonyl (C=O) groups excluding carboxylic acids is 2. The van der Waals surface area contributed by atoms with E-state index in [-0.39, 0.29) is 12.5 Å². The van der Waals surface area contributed by atoms with E-state index in [0.29, 0.717) is 13.0 Å². The number of hydrogen-bond donors (Lipinski definition) is 1. The monoisotopic (exact) mass is 261 g/mol. The number of amides is 1. The zero-order valence-electron chi connectivity index (χ0n) is 11.2. The minimum Gasteiger partial charge on any atom is -0.465 e. The Kier molecular flexibility index (Phi) is 4.55. The van der Waals surface area contributed by atoms with Gasteiger partial charge in [-0.3, -0.25) is 9.59 Å². The molecule has 1 aromatic rings. The third kappa shape index (κ3) is 3.81. The molecule has 1 amide bonds. The maximum atomic E-state index is 11.7. The molecule has 2 rings (SSSR count). The molecule has 19 heavy (non-hydrogen) atoms. The van der Waals surface area contributed by atoms with Gasteiger partial charge in [-0.05, 0) is 42.9 Å². The molecule has 1 aliphatic carbocycles. The topological polar surface area (TPSA) is 55.4 Å². The first-order valence-electron chi connectivity index (χ1n) is 6.72. The summed E-state index contributed by atoms with van der Waals surface area (Å²) in [5.74, 6) is -0.546. The van der Waals surface area contributed by atoms with Gasteiger partial charge in [0, 0.05) is 0 Å². The van der Waals surface area contributed by atoms with Gasteiger partial charge in [0.25, 0.3) is 0 Å². The lowest BCUT2D eigenvalue weighted by molar-refractivity contribution is -0.143. The summed E-state index contributed by atoms with van der Waals surface area (Å²) < 4.78 is 4.75. The quantitative estimate of drug-likeness (QED) is 0.815. The first kappa shape index (κ1) is 13.6. The van der Waals surface area contributed by atoms with Crippen molar-refractivity contribution < 1.29 is 14.3 Å². The van der Waals surface area contributed by atoms with Gasteiger partial charge in [-0.2, -0.15) is 0 Å². The molecule has 0 fully saturated rings. The second-order valence-corrected chi connectivity index (χ2v) is 4.72. The summed E-state index contributed by atoms with van der Waals surface area (Å²) in [6, 6.07) is 6.21. The summed E-state index contributed by atoms with van der Waals surface area (Å²) in [5, 5.41) is 2.57. The van der Waals surface area contributed by atoms with Crippen LogP contribution < -0.4 is 5.32 Å². The zero-order valence-corrected chi connectivity index (χ0v) is 11.2. The molecule has 0 unspecified atom stereocenters. The second-order valence-electron chi connectivity index (χ2n) is 4.72. The summed E-state index contributed by atoms with van der Waals surface area (Å²) in [6.07, 6.45) is 3.76. The van der Waals surface area contributed by atoms with Gasteiger partial charge in [-0.15, -0.1) is 0 Å². The number of rotatable bonds is 5. The Balaban J connectivity index is 1.84. The largest absolute Gasteiger partial charge is 0.465 e. The van der Waals surface area contributed by atoms with E-state index in [9.17, 15) is 9.59 Å². The molecule has 0 saturated heterocycles. The fraction of sp³-hybridized carbons (Fsp3) is 0.467. The summed E-state index contributed by atoms with van der Waals surface area (Å²) in [6.45, 7) is 2.02. The molecule has 0 aliphatic heterocycles. The van der Waals surface area contributed by atoms with Gasteiger partial charge >= 0.3 is 5.97 Å². The Morgan fingerprint density at radius 3 is 2.84 bits per heavy atom. The van der Waals surface area contributed by atoms with Gasteiger partial charge in [0.05, 0.1) is 13.0 Å². The molecular weight excluding hydrogens is 242 g/mol. The maximum Gasteiger partial charge on any atom is 0.325 e. The highest BCUT2D eigenvalue weighted by Gasteiger charge is 2.12. The highest BCUT2D eigenvalue weighted by atomic mass is 16.5. The van der Waals surface area contributed by atoms with E-state index in [1.54, 1.807) is 6.92 Å². The number of carbonyl (C=O) groups is 2. The van der Waals surface area contributed by atoms with Crippen LogP contribution in [-0.4, -0.2) is 25.0 Å². The average molecular weight is 261 g/mol. The Bertz CT molecular complexity index is 482. The Morgan fingerprint density at radius 2 is 2.05 bits per heavy atom. The van der Waals surface area contributed by atoms with Crippen LogP contribution in [0, 0.1) is 0 Å². The van der Waals surface area contributed by atoms with Crippen LogP contribution in [0.1, 0.15) is 30.0 Å². The van der Waals surface area contributed by atoms with Crippen LogP contribution in [0.5, 0.6) is 0 Å². The number of fused-ring (bicyclic) bond motifs is 1. The number of benzene rings is 1. The van der Waals surface area contributed by atoms with Gasteiger partial charge in [-0.1, -0.05) is 18.2 Å². The molecule has 0 bridgehead atoms. The zero-order chi connectivity index (χ0) is 13.7. The van der Waals surface area contributed by atoms with Crippen LogP contribution in [0.2, 0.25) is 0 Å². The lowest BCUT2D eigenvalue weighted by Crippen LogP contribution is -2.31. The molecule has 0 atom stereocenters. The summed E-state index contributed by atoms with van der Waals surface area (Å²) >= 11 is 0. The molecule has 102 valence electrons. The summed E-state index contributed by atoms with van der Waals surface area (Å²) in [5.41, 5.74) is 3.76. The predicted octanol–water partition coefficient (Wildman–Crippen LogP) is 1.40. The van der Waals surface area contributed by atoms with Gasteiger partial charge in [0.1, 0.15) is 6.54 Å². The van der Waals surface area contributed by atoms with E-state index >= 15 is 0 Å². The molecule has 1 N–H and O–H groups in total. The molecule has 0 saturated carbocycles. The van der Waals surface area contributed by atoms with Crippen molar-refractivity contribution in [3.8, 4) is 0 Å². The highest BCUT2D eigenvalue weighted by molar-refractivity contribution is 5.83. The average Bonchev–Trinajstić information content (AvgIpc) is 2.84. The number of nitrogens with one attached hydrogen (secondary N) is 1. The molecule has 4 nitrogen and oxygen atoms in total. The Morgan fingerprint density at radius 1 is 1.26 bits per heavy atom. The third-order valence-electron chi connectivity index (χ3n) is 3.26. The first-order valence-corrected chi connectivity index (χ1v) is 6.72. The van der Waals surface area contributed by atoms with E-state index in [0.717, 1.165) is 18.4 Å². The van der Waals surface area contributed by atoms with E-state index in [1.165, 1.54) is 17.5 Å². The van der Waals surface area contributed by atoms with Crippen molar-refractivity contribution in [2.24, 2.45) is 0 Å². The summed E-state index contributed by atoms with van der Waals surface area (Å²) in [7, 11) is 0. The van der Waals surface area contributed by atoms with Gasteiger partial charge in [-0.25, -0.2) is 0 Å². The standard InChI is InChI=1S/C15H19NO3/c1-2-19-15(18)10-16-14(17)9-11-6-7-12-4-3-5-13(12)8-11/h6-8H,2-5,9-10H2,1H3,(H,16,17). The molecule has 0 aromatic heterocycles. The molecular formula is C15H19NO3. The van der Waals surface area contributed by atoms with Crippen molar-refractivity contribution in [3.63, 3.8) is 0 Å². The van der Waals surface area contributed by atoms with Gasteiger partial charge < -0.3 is 10.1 Å². The van der Waals surface area contributed by atoms with E-state index in [2.05, 4.69) is 17.4 Å². The number of hydrogen-bond acceptors (Lipinski definition) is 3. The van der Waals surface area contributed by atoms with Gasteiger partial charge in [0.15, 0.2) is 0 Å². The van der Waals surface area contributed by atoms with Crippen molar-refractivity contribution in [2.45, 2.75) is 32.6 Å². The van der Waals surface area contributed by atoms with Gasteiger partial charge in [0.2, 0.25) is 5.91 Å². The third-order valence-corrected chi connectivity index (χ3v) is 3.26. The van der Waals surface area contributed by atoms with Crippen LogP contribution in [0.25, 0.3) is 0 Å². The summed E-state index contributed by atoms with van der Waals surface area (Å²) in [4.78, 5) is 22.8. The predicted molar refractivity (Wildman–Crippen MR) is 71.8 cm³/mol. The Hall–Kier alpha value is -1.84. The minimum absolute atomic E-state index is 0.0579.